The molecular weight excluding hydrogens is 318 g/mol. The number of benzene rings is 1. The van der Waals surface area contributed by atoms with Crippen LogP contribution in [0.1, 0.15) is 16.1 Å². The maximum Gasteiger partial charge on any atom is 0.255 e. The Labute approximate surface area is 116 Å². The smallest absolute Gasteiger partial charge is 0.255 e. The Hall–Kier alpha value is -1.82. The second-order valence-electron chi connectivity index (χ2n) is 3.88. The fourth-order valence-electron chi connectivity index (χ4n) is 1.54. The monoisotopic (exact) mass is 326 g/mol. The largest absolute Gasteiger partial charge is 0.320 e. The van der Waals surface area contributed by atoms with Crippen molar-refractivity contribution in [3.8, 4) is 0 Å². The van der Waals surface area contributed by atoms with Crippen molar-refractivity contribution in [3.63, 3.8) is 0 Å². The minimum atomic E-state index is -0.796. The molecule has 1 aromatic heterocycles. The Morgan fingerprint density at radius 1 is 1.21 bits per heavy atom. The second-order valence-corrected chi connectivity index (χ2v) is 4.69. The zero-order valence-electron chi connectivity index (χ0n) is 9.88. The van der Waals surface area contributed by atoms with Crippen molar-refractivity contribution in [2.24, 2.45) is 0 Å². The van der Waals surface area contributed by atoms with Crippen LogP contribution in [0.25, 0.3) is 0 Å². The molecule has 2 rings (SSSR count). The number of aromatic nitrogens is 1. The fraction of sp³-hybridized carbons (Fsp3) is 0.0769. The first kappa shape index (κ1) is 13.6. The quantitative estimate of drug-likeness (QED) is 0.855. The highest BCUT2D eigenvalue weighted by Gasteiger charge is 2.11. The van der Waals surface area contributed by atoms with E-state index in [1.54, 1.807) is 19.1 Å². The number of anilines is 1. The van der Waals surface area contributed by atoms with Gasteiger partial charge in [0.15, 0.2) is 0 Å². The molecule has 0 saturated heterocycles. The van der Waals surface area contributed by atoms with Gasteiger partial charge in [-0.25, -0.2) is 13.8 Å². The first-order chi connectivity index (χ1) is 8.95. The number of rotatable bonds is 2. The molecule has 0 aliphatic rings. The predicted molar refractivity (Wildman–Crippen MR) is 71.0 cm³/mol. The Balaban J connectivity index is 2.25. The van der Waals surface area contributed by atoms with E-state index in [9.17, 15) is 13.6 Å². The summed E-state index contributed by atoms with van der Waals surface area (Å²) in [5.41, 5.74) is 0.997. The van der Waals surface area contributed by atoms with Gasteiger partial charge in [-0.1, -0.05) is 0 Å². The third-order valence-electron chi connectivity index (χ3n) is 2.42. The molecule has 0 spiro atoms. The summed E-state index contributed by atoms with van der Waals surface area (Å²) in [7, 11) is 0. The maximum absolute atomic E-state index is 13.0. The van der Waals surface area contributed by atoms with E-state index in [4.69, 9.17) is 0 Å². The van der Waals surface area contributed by atoms with Crippen molar-refractivity contribution in [3.05, 3.63) is 57.8 Å². The lowest BCUT2D eigenvalue weighted by Gasteiger charge is -2.08. The van der Waals surface area contributed by atoms with Crippen LogP contribution in [0.3, 0.4) is 0 Å². The number of hydrogen-bond acceptors (Lipinski definition) is 2. The van der Waals surface area contributed by atoms with Crippen LogP contribution in [-0.2, 0) is 0 Å². The van der Waals surface area contributed by atoms with Gasteiger partial charge < -0.3 is 5.32 Å². The minimum absolute atomic E-state index is 0.0835. The third kappa shape index (κ3) is 3.35. The summed E-state index contributed by atoms with van der Waals surface area (Å²) >= 11 is 3.20. The van der Waals surface area contributed by atoms with E-state index in [2.05, 4.69) is 26.2 Å². The van der Waals surface area contributed by atoms with Crippen LogP contribution in [0.15, 0.2) is 34.9 Å². The van der Waals surface area contributed by atoms with Crippen molar-refractivity contribution >= 4 is 27.5 Å². The summed E-state index contributed by atoms with van der Waals surface area (Å²) in [6.07, 6.45) is 0. The average Bonchev–Trinajstić information content (AvgIpc) is 2.31. The maximum atomic E-state index is 13.0. The third-order valence-corrected chi connectivity index (χ3v) is 2.87. The SMILES string of the molecule is Cc1nc(Br)ccc1NC(=O)c1cc(F)cc(F)c1. The van der Waals surface area contributed by atoms with Crippen LogP contribution in [-0.4, -0.2) is 10.9 Å². The number of nitrogens with zero attached hydrogens (tertiary/aromatic N) is 1. The van der Waals surface area contributed by atoms with Gasteiger partial charge in [-0.15, -0.1) is 0 Å². The molecule has 1 heterocycles. The number of carbonyl (C=O) groups excluding carboxylic acids is 1. The van der Waals surface area contributed by atoms with Crippen molar-refractivity contribution < 1.29 is 13.6 Å². The molecule has 0 aliphatic heterocycles. The first-order valence-electron chi connectivity index (χ1n) is 5.36. The van der Waals surface area contributed by atoms with E-state index in [0.717, 1.165) is 12.1 Å². The highest BCUT2D eigenvalue weighted by Crippen LogP contribution is 2.17. The van der Waals surface area contributed by atoms with Crippen molar-refractivity contribution in [1.82, 2.24) is 4.98 Å². The fourth-order valence-corrected chi connectivity index (χ4v) is 1.94. The first-order valence-corrected chi connectivity index (χ1v) is 6.15. The lowest BCUT2D eigenvalue weighted by atomic mass is 10.2. The number of nitrogens with one attached hydrogen (secondary N) is 1. The van der Waals surface area contributed by atoms with Gasteiger partial charge in [0.05, 0.1) is 11.4 Å². The second kappa shape index (κ2) is 5.44. The standard InChI is InChI=1S/C13H9BrF2N2O/c1-7-11(2-3-12(14)17-7)18-13(19)8-4-9(15)6-10(16)5-8/h2-6H,1H3,(H,18,19). The van der Waals surface area contributed by atoms with Gasteiger partial charge >= 0.3 is 0 Å². The number of carbonyl (C=O) groups is 1. The lowest BCUT2D eigenvalue weighted by Crippen LogP contribution is -2.13. The molecule has 98 valence electrons. The molecular formula is C13H9BrF2N2O. The molecule has 0 fully saturated rings. The molecule has 2 aromatic rings. The van der Waals surface area contributed by atoms with Crippen LogP contribution in [0, 0.1) is 18.6 Å². The molecule has 19 heavy (non-hydrogen) atoms. The summed E-state index contributed by atoms with van der Waals surface area (Å²) in [6.45, 7) is 1.71. The molecule has 1 N–H and O–H groups in total. The average molecular weight is 327 g/mol. The Morgan fingerprint density at radius 3 is 2.42 bits per heavy atom. The summed E-state index contributed by atoms with van der Waals surface area (Å²) in [5, 5.41) is 2.55. The summed E-state index contributed by atoms with van der Waals surface area (Å²) in [6, 6.07) is 5.97. The normalized spacial score (nSPS) is 10.3. The van der Waals surface area contributed by atoms with E-state index in [1.807, 2.05) is 0 Å². The molecule has 1 amide bonds. The van der Waals surface area contributed by atoms with Crippen LogP contribution in [0.4, 0.5) is 14.5 Å². The Bertz CT molecular complexity index is 626. The van der Waals surface area contributed by atoms with E-state index in [0.29, 0.717) is 22.1 Å². The molecule has 0 radical (unpaired) electrons. The van der Waals surface area contributed by atoms with Gasteiger partial charge in [-0.05, 0) is 47.1 Å². The number of halogens is 3. The Morgan fingerprint density at radius 2 is 1.84 bits per heavy atom. The highest BCUT2D eigenvalue weighted by molar-refractivity contribution is 9.10. The molecule has 6 heteroatoms. The highest BCUT2D eigenvalue weighted by atomic mass is 79.9. The Kier molecular flexibility index (Phi) is 3.90. The van der Waals surface area contributed by atoms with E-state index in [1.165, 1.54) is 0 Å². The van der Waals surface area contributed by atoms with Gasteiger partial charge in [0.1, 0.15) is 16.2 Å². The van der Waals surface area contributed by atoms with Crippen LogP contribution in [0.2, 0.25) is 0 Å². The molecule has 0 unspecified atom stereocenters. The van der Waals surface area contributed by atoms with Gasteiger partial charge in [0.2, 0.25) is 0 Å². The molecule has 0 aliphatic carbocycles. The van der Waals surface area contributed by atoms with Crippen LogP contribution in [0.5, 0.6) is 0 Å². The molecule has 1 aromatic carbocycles. The number of aryl methyl sites for hydroxylation is 1. The summed E-state index contributed by atoms with van der Waals surface area (Å²) < 4.78 is 26.7. The van der Waals surface area contributed by atoms with Gasteiger partial charge in [-0.2, -0.15) is 0 Å². The van der Waals surface area contributed by atoms with Gasteiger partial charge in [0, 0.05) is 11.6 Å². The van der Waals surface area contributed by atoms with Gasteiger partial charge in [0.25, 0.3) is 5.91 Å². The van der Waals surface area contributed by atoms with Crippen molar-refractivity contribution in [1.29, 1.82) is 0 Å². The summed E-state index contributed by atoms with van der Waals surface area (Å²) in [4.78, 5) is 16.0. The van der Waals surface area contributed by atoms with Gasteiger partial charge in [-0.3, -0.25) is 4.79 Å². The van der Waals surface area contributed by atoms with E-state index >= 15 is 0 Å². The van der Waals surface area contributed by atoms with Crippen LogP contribution >= 0.6 is 15.9 Å². The molecule has 3 nitrogen and oxygen atoms in total. The van der Waals surface area contributed by atoms with E-state index in [-0.39, 0.29) is 5.56 Å². The minimum Gasteiger partial charge on any atom is -0.320 e. The van der Waals surface area contributed by atoms with E-state index < -0.39 is 17.5 Å². The zero-order valence-corrected chi connectivity index (χ0v) is 11.5. The number of hydrogen-bond donors (Lipinski definition) is 1. The number of amides is 1. The summed E-state index contributed by atoms with van der Waals surface area (Å²) in [5.74, 6) is -2.18. The zero-order chi connectivity index (χ0) is 14.0. The predicted octanol–water partition coefficient (Wildman–Crippen LogP) is 3.68. The van der Waals surface area contributed by atoms with Crippen LogP contribution < -0.4 is 5.32 Å². The lowest BCUT2D eigenvalue weighted by molar-refractivity contribution is 0.102. The molecule has 0 bridgehead atoms. The molecule has 0 atom stereocenters. The molecule has 0 saturated carbocycles. The van der Waals surface area contributed by atoms with Crippen molar-refractivity contribution in [2.75, 3.05) is 5.32 Å². The number of pyridine rings is 1. The topological polar surface area (TPSA) is 42.0 Å². The van der Waals surface area contributed by atoms with Crippen molar-refractivity contribution in [2.45, 2.75) is 6.92 Å².